The van der Waals surface area contributed by atoms with Crippen LogP contribution in [0.2, 0.25) is 0 Å². The zero-order valence-electron chi connectivity index (χ0n) is 8.96. The molecule has 0 unspecified atom stereocenters. The Bertz CT molecular complexity index is 626. The van der Waals surface area contributed by atoms with Gasteiger partial charge in [0.15, 0.2) is 0 Å². The van der Waals surface area contributed by atoms with Gasteiger partial charge in [0.2, 0.25) is 0 Å². The molecule has 3 nitrogen and oxygen atoms in total. The van der Waals surface area contributed by atoms with Gasteiger partial charge in [-0.05, 0) is 31.2 Å². The van der Waals surface area contributed by atoms with E-state index in [1.165, 1.54) is 5.56 Å². The highest BCUT2D eigenvalue weighted by atomic mass is 15.3. The van der Waals surface area contributed by atoms with Crippen molar-refractivity contribution in [3.8, 4) is 5.69 Å². The number of aryl methyl sites for hydroxylation is 1. The number of hydrogen-bond donors (Lipinski definition) is 0. The van der Waals surface area contributed by atoms with Gasteiger partial charge in [0, 0.05) is 17.8 Å². The van der Waals surface area contributed by atoms with Crippen molar-refractivity contribution in [2.45, 2.75) is 6.92 Å². The zero-order valence-corrected chi connectivity index (χ0v) is 8.96. The normalized spacial score (nSPS) is 10.8. The molecule has 3 aromatic rings. The highest BCUT2D eigenvalue weighted by Gasteiger charge is 2.03. The molecule has 2 heterocycles. The van der Waals surface area contributed by atoms with E-state index in [1.807, 2.05) is 23.0 Å². The van der Waals surface area contributed by atoms with E-state index in [-0.39, 0.29) is 0 Å². The van der Waals surface area contributed by atoms with Gasteiger partial charge in [-0.25, -0.2) is 4.68 Å². The van der Waals surface area contributed by atoms with Crippen molar-refractivity contribution in [2.75, 3.05) is 0 Å². The summed E-state index contributed by atoms with van der Waals surface area (Å²) in [6.07, 6.45) is 5.44. The van der Waals surface area contributed by atoms with E-state index in [0.29, 0.717) is 0 Å². The molecular weight excluding hydrogens is 198 g/mol. The largest absolute Gasteiger partial charge is 0.265 e. The molecule has 78 valence electrons. The number of hydrogen-bond acceptors (Lipinski definition) is 2. The third kappa shape index (κ3) is 1.37. The summed E-state index contributed by atoms with van der Waals surface area (Å²) in [5.74, 6) is 0. The van der Waals surface area contributed by atoms with Gasteiger partial charge >= 0.3 is 0 Å². The topological polar surface area (TPSA) is 30.7 Å². The summed E-state index contributed by atoms with van der Waals surface area (Å²) in [5, 5.41) is 5.56. The van der Waals surface area contributed by atoms with Crippen LogP contribution in [0.15, 0.2) is 48.9 Å². The lowest BCUT2D eigenvalue weighted by molar-refractivity contribution is 0.907. The van der Waals surface area contributed by atoms with Crippen LogP contribution in [-0.2, 0) is 0 Å². The van der Waals surface area contributed by atoms with E-state index in [4.69, 9.17) is 0 Å². The van der Waals surface area contributed by atoms with Crippen molar-refractivity contribution in [3.05, 3.63) is 54.5 Å². The minimum atomic E-state index is 1.04. The molecule has 0 atom stereocenters. The first kappa shape index (κ1) is 9.09. The second-order valence-corrected chi connectivity index (χ2v) is 3.82. The number of rotatable bonds is 1. The Hall–Kier alpha value is -2.16. The van der Waals surface area contributed by atoms with Crippen LogP contribution in [0.4, 0.5) is 0 Å². The summed E-state index contributed by atoms with van der Waals surface area (Å²) < 4.78 is 1.93. The molecule has 3 heteroatoms. The van der Waals surface area contributed by atoms with Gasteiger partial charge in [0.25, 0.3) is 0 Å². The van der Waals surface area contributed by atoms with Crippen LogP contribution in [0, 0.1) is 6.92 Å². The molecule has 0 amide bonds. The number of aromatic nitrogens is 3. The van der Waals surface area contributed by atoms with Gasteiger partial charge < -0.3 is 0 Å². The quantitative estimate of drug-likeness (QED) is 0.617. The van der Waals surface area contributed by atoms with Crippen LogP contribution in [-0.4, -0.2) is 14.8 Å². The molecule has 3 rings (SSSR count). The van der Waals surface area contributed by atoms with E-state index in [1.54, 1.807) is 12.4 Å². The van der Waals surface area contributed by atoms with Crippen molar-refractivity contribution in [1.82, 2.24) is 14.8 Å². The van der Waals surface area contributed by atoms with Gasteiger partial charge in [0.1, 0.15) is 0 Å². The maximum absolute atomic E-state index is 4.40. The molecule has 0 N–H and O–H groups in total. The van der Waals surface area contributed by atoms with Crippen molar-refractivity contribution < 1.29 is 0 Å². The van der Waals surface area contributed by atoms with Crippen molar-refractivity contribution in [1.29, 1.82) is 0 Å². The van der Waals surface area contributed by atoms with Crippen LogP contribution in [0.3, 0.4) is 0 Å². The number of nitrogens with zero attached hydrogens (tertiary/aromatic N) is 3. The summed E-state index contributed by atoms with van der Waals surface area (Å²) in [7, 11) is 0. The van der Waals surface area contributed by atoms with Gasteiger partial charge in [-0.15, -0.1) is 0 Å². The van der Waals surface area contributed by atoms with Gasteiger partial charge in [-0.2, -0.15) is 5.10 Å². The van der Waals surface area contributed by atoms with Crippen LogP contribution in [0.25, 0.3) is 16.6 Å². The standard InChI is InChI=1S/C13H11N3/c1-10-2-3-13-11(8-10)9-15-16(13)12-4-6-14-7-5-12/h2-9H,1H3. The molecule has 0 aliphatic carbocycles. The van der Waals surface area contributed by atoms with Gasteiger partial charge in [0.05, 0.1) is 17.4 Å². The fourth-order valence-electron chi connectivity index (χ4n) is 1.84. The first-order chi connectivity index (χ1) is 7.84. The average Bonchev–Trinajstić information content (AvgIpc) is 2.73. The second kappa shape index (κ2) is 3.45. The second-order valence-electron chi connectivity index (χ2n) is 3.82. The maximum Gasteiger partial charge on any atom is 0.0741 e. The molecule has 0 saturated carbocycles. The Balaban J connectivity index is 2.26. The Kier molecular flexibility index (Phi) is 1.96. The molecule has 0 saturated heterocycles. The molecule has 0 aliphatic heterocycles. The molecular formula is C13H11N3. The van der Waals surface area contributed by atoms with Crippen molar-refractivity contribution in [3.63, 3.8) is 0 Å². The van der Waals surface area contributed by atoms with Gasteiger partial charge in [-0.1, -0.05) is 11.6 Å². The zero-order chi connectivity index (χ0) is 11.0. The lowest BCUT2D eigenvalue weighted by atomic mass is 10.2. The molecule has 0 spiro atoms. The van der Waals surface area contributed by atoms with E-state index < -0.39 is 0 Å². The summed E-state index contributed by atoms with van der Waals surface area (Å²) in [6, 6.07) is 10.2. The number of pyridine rings is 1. The van der Waals surface area contributed by atoms with Crippen LogP contribution >= 0.6 is 0 Å². The Morgan fingerprint density at radius 1 is 1.06 bits per heavy atom. The average molecular weight is 209 g/mol. The van der Waals surface area contributed by atoms with E-state index in [2.05, 4.69) is 35.2 Å². The molecule has 0 bridgehead atoms. The van der Waals surface area contributed by atoms with Crippen LogP contribution in [0.5, 0.6) is 0 Å². The lowest BCUT2D eigenvalue weighted by Gasteiger charge is -2.02. The molecule has 0 fully saturated rings. The van der Waals surface area contributed by atoms with Gasteiger partial charge in [-0.3, -0.25) is 4.98 Å². The van der Waals surface area contributed by atoms with Crippen molar-refractivity contribution >= 4 is 10.9 Å². The molecule has 0 radical (unpaired) electrons. The molecule has 1 aromatic carbocycles. The van der Waals surface area contributed by atoms with E-state index in [0.717, 1.165) is 16.6 Å². The Morgan fingerprint density at radius 2 is 1.88 bits per heavy atom. The summed E-state index contributed by atoms with van der Waals surface area (Å²) >= 11 is 0. The van der Waals surface area contributed by atoms with Crippen molar-refractivity contribution in [2.24, 2.45) is 0 Å². The fourth-order valence-corrected chi connectivity index (χ4v) is 1.84. The highest BCUT2D eigenvalue weighted by molar-refractivity contribution is 5.80. The summed E-state index contributed by atoms with van der Waals surface area (Å²) in [4.78, 5) is 4.01. The smallest absolute Gasteiger partial charge is 0.0741 e. The first-order valence-electron chi connectivity index (χ1n) is 5.19. The minimum absolute atomic E-state index is 1.04. The molecule has 0 aliphatic rings. The van der Waals surface area contributed by atoms with E-state index in [9.17, 15) is 0 Å². The molecule has 16 heavy (non-hydrogen) atoms. The third-order valence-electron chi connectivity index (χ3n) is 2.63. The SMILES string of the molecule is Cc1ccc2c(cnn2-c2ccncc2)c1. The van der Waals surface area contributed by atoms with Crippen LogP contribution in [0.1, 0.15) is 5.56 Å². The fraction of sp³-hybridized carbons (Fsp3) is 0.0769. The third-order valence-corrected chi connectivity index (χ3v) is 2.63. The predicted molar refractivity (Wildman–Crippen MR) is 63.6 cm³/mol. The summed E-state index contributed by atoms with van der Waals surface area (Å²) in [6.45, 7) is 2.09. The number of fused-ring (bicyclic) bond motifs is 1. The van der Waals surface area contributed by atoms with E-state index >= 15 is 0 Å². The number of benzene rings is 1. The Morgan fingerprint density at radius 3 is 2.69 bits per heavy atom. The summed E-state index contributed by atoms with van der Waals surface area (Å²) in [5.41, 5.74) is 3.41. The maximum atomic E-state index is 4.40. The Labute approximate surface area is 93.4 Å². The monoisotopic (exact) mass is 209 g/mol. The van der Waals surface area contributed by atoms with Crippen LogP contribution < -0.4 is 0 Å². The minimum Gasteiger partial charge on any atom is -0.265 e. The predicted octanol–water partition coefficient (Wildman–Crippen LogP) is 2.73. The first-order valence-corrected chi connectivity index (χ1v) is 5.19. The lowest BCUT2D eigenvalue weighted by Crippen LogP contribution is -1.95. The molecule has 2 aromatic heterocycles. The highest BCUT2D eigenvalue weighted by Crippen LogP contribution is 2.18.